The summed E-state index contributed by atoms with van der Waals surface area (Å²) in [5.41, 5.74) is 9.40. The van der Waals surface area contributed by atoms with E-state index in [1.165, 1.54) is 0 Å². The molecule has 0 amide bonds. The molecule has 1 heterocycles. The predicted molar refractivity (Wildman–Crippen MR) is 89.4 cm³/mol. The van der Waals surface area contributed by atoms with E-state index < -0.39 is 0 Å². The average Bonchev–Trinajstić information content (AvgIpc) is 2.46. The molecule has 0 aliphatic heterocycles. The van der Waals surface area contributed by atoms with Gasteiger partial charge in [0, 0.05) is 26.8 Å². The first-order valence-electron chi connectivity index (χ1n) is 6.66. The highest BCUT2D eigenvalue weighted by Crippen LogP contribution is 2.26. The molecule has 0 saturated heterocycles. The van der Waals surface area contributed by atoms with Crippen molar-refractivity contribution >= 4 is 32.5 Å². The number of nitrogen functional groups attached to an aromatic ring is 1. The Bertz CT molecular complexity index is 802. The Morgan fingerprint density at radius 3 is 2.81 bits per heavy atom. The average molecular weight is 343 g/mol. The SMILES string of the molecule is Cc1ccc2cccc(OCc3ccc(N)cc3Br)c2n1. The number of para-hydroxylation sites is 1. The van der Waals surface area contributed by atoms with Crippen LogP contribution in [-0.2, 0) is 6.61 Å². The van der Waals surface area contributed by atoms with Gasteiger partial charge in [0.2, 0.25) is 0 Å². The van der Waals surface area contributed by atoms with Crippen LogP contribution in [-0.4, -0.2) is 4.98 Å². The van der Waals surface area contributed by atoms with Crippen LogP contribution in [0.1, 0.15) is 11.3 Å². The van der Waals surface area contributed by atoms with Crippen molar-refractivity contribution in [1.82, 2.24) is 4.98 Å². The Hall–Kier alpha value is -2.07. The predicted octanol–water partition coefficient (Wildman–Crippen LogP) is 4.47. The number of nitrogens with two attached hydrogens (primary N) is 1. The van der Waals surface area contributed by atoms with Gasteiger partial charge in [-0.3, -0.25) is 0 Å². The largest absolute Gasteiger partial charge is 0.487 e. The van der Waals surface area contributed by atoms with Gasteiger partial charge in [0.25, 0.3) is 0 Å². The summed E-state index contributed by atoms with van der Waals surface area (Å²) in [6, 6.07) is 15.7. The zero-order valence-electron chi connectivity index (χ0n) is 11.6. The Morgan fingerprint density at radius 2 is 2.00 bits per heavy atom. The van der Waals surface area contributed by atoms with E-state index in [0.29, 0.717) is 6.61 Å². The topological polar surface area (TPSA) is 48.1 Å². The number of aryl methyl sites for hydroxylation is 1. The zero-order chi connectivity index (χ0) is 14.8. The monoisotopic (exact) mass is 342 g/mol. The summed E-state index contributed by atoms with van der Waals surface area (Å²) in [6.07, 6.45) is 0. The molecule has 2 N–H and O–H groups in total. The highest BCUT2D eigenvalue weighted by Gasteiger charge is 2.06. The highest BCUT2D eigenvalue weighted by molar-refractivity contribution is 9.10. The summed E-state index contributed by atoms with van der Waals surface area (Å²) >= 11 is 3.51. The zero-order valence-corrected chi connectivity index (χ0v) is 13.2. The van der Waals surface area contributed by atoms with Crippen molar-refractivity contribution in [3.63, 3.8) is 0 Å². The van der Waals surface area contributed by atoms with E-state index in [1.807, 2.05) is 49.4 Å². The molecule has 106 valence electrons. The maximum Gasteiger partial charge on any atom is 0.146 e. The molecule has 3 nitrogen and oxygen atoms in total. The van der Waals surface area contributed by atoms with Crippen LogP contribution in [0.2, 0.25) is 0 Å². The fourth-order valence-corrected chi connectivity index (χ4v) is 2.68. The lowest BCUT2D eigenvalue weighted by molar-refractivity contribution is 0.308. The van der Waals surface area contributed by atoms with Crippen molar-refractivity contribution in [2.45, 2.75) is 13.5 Å². The van der Waals surface area contributed by atoms with E-state index in [2.05, 4.69) is 27.0 Å². The van der Waals surface area contributed by atoms with Gasteiger partial charge >= 0.3 is 0 Å². The molecule has 0 bridgehead atoms. The number of ether oxygens (including phenoxy) is 1. The third-order valence-electron chi connectivity index (χ3n) is 3.28. The molecular weight excluding hydrogens is 328 g/mol. The second kappa shape index (κ2) is 5.74. The molecule has 0 fully saturated rings. The lowest BCUT2D eigenvalue weighted by atomic mass is 10.2. The van der Waals surface area contributed by atoms with E-state index in [4.69, 9.17) is 10.5 Å². The minimum atomic E-state index is 0.468. The lowest BCUT2D eigenvalue weighted by Gasteiger charge is -2.10. The number of fused-ring (bicyclic) bond motifs is 1. The number of hydrogen-bond acceptors (Lipinski definition) is 3. The summed E-state index contributed by atoms with van der Waals surface area (Å²) in [4.78, 5) is 4.57. The van der Waals surface area contributed by atoms with Gasteiger partial charge in [0.15, 0.2) is 0 Å². The second-order valence-electron chi connectivity index (χ2n) is 4.92. The maximum atomic E-state index is 5.95. The Kier molecular flexibility index (Phi) is 3.80. The van der Waals surface area contributed by atoms with Gasteiger partial charge in [-0.1, -0.05) is 40.2 Å². The third kappa shape index (κ3) is 3.00. The second-order valence-corrected chi connectivity index (χ2v) is 5.77. The summed E-state index contributed by atoms with van der Waals surface area (Å²) in [5, 5.41) is 1.08. The van der Waals surface area contributed by atoms with Crippen molar-refractivity contribution in [2.75, 3.05) is 5.73 Å². The number of halogens is 1. The molecule has 0 spiro atoms. The minimum Gasteiger partial charge on any atom is -0.487 e. The summed E-state index contributed by atoms with van der Waals surface area (Å²) in [5.74, 6) is 0.792. The lowest BCUT2D eigenvalue weighted by Crippen LogP contribution is -1.99. The van der Waals surface area contributed by atoms with Crippen LogP contribution in [0.4, 0.5) is 5.69 Å². The van der Waals surface area contributed by atoms with Gasteiger partial charge < -0.3 is 10.5 Å². The van der Waals surface area contributed by atoms with Crippen LogP contribution >= 0.6 is 15.9 Å². The first-order chi connectivity index (χ1) is 10.1. The van der Waals surface area contributed by atoms with Gasteiger partial charge in [0.05, 0.1) is 0 Å². The molecule has 2 aromatic carbocycles. The molecule has 0 atom stereocenters. The fourth-order valence-electron chi connectivity index (χ4n) is 2.17. The summed E-state index contributed by atoms with van der Waals surface area (Å²) < 4.78 is 6.90. The number of rotatable bonds is 3. The number of anilines is 1. The Balaban J connectivity index is 1.90. The van der Waals surface area contributed by atoms with Gasteiger partial charge in [-0.05, 0) is 31.2 Å². The van der Waals surface area contributed by atoms with Crippen molar-refractivity contribution in [2.24, 2.45) is 0 Å². The molecule has 3 rings (SSSR count). The quantitative estimate of drug-likeness (QED) is 0.714. The smallest absolute Gasteiger partial charge is 0.146 e. The van der Waals surface area contributed by atoms with E-state index >= 15 is 0 Å². The number of benzene rings is 2. The molecule has 0 aliphatic carbocycles. The van der Waals surface area contributed by atoms with Gasteiger partial charge in [-0.25, -0.2) is 4.98 Å². The highest BCUT2D eigenvalue weighted by atomic mass is 79.9. The molecule has 0 unspecified atom stereocenters. The Labute approximate surface area is 131 Å². The van der Waals surface area contributed by atoms with Gasteiger partial charge in [0.1, 0.15) is 17.9 Å². The number of aromatic nitrogens is 1. The van der Waals surface area contributed by atoms with E-state index in [9.17, 15) is 0 Å². The van der Waals surface area contributed by atoms with Crippen LogP contribution in [0.5, 0.6) is 5.75 Å². The normalized spacial score (nSPS) is 10.8. The molecule has 0 aliphatic rings. The van der Waals surface area contributed by atoms with E-state index in [-0.39, 0.29) is 0 Å². The molecule has 0 saturated carbocycles. The minimum absolute atomic E-state index is 0.468. The third-order valence-corrected chi connectivity index (χ3v) is 4.02. The van der Waals surface area contributed by atoms with Gasteiger partial charge in [-0.2, -0.15) is 0 Å². The summed E-state index contributed by atoms with van der Waals surface area (Å²) in [7, 11) is 0. The summed E-state index contributed by atoms with van der Waals surface area (Å²) in [6.45, 7) is 2.45. The first kappa shape index (κ1) is 13.9. The van der Waals surface area contributed by atoms with Crippen LogP contribution in [0, 0.1) is 6.92 Å². The van der Waals surface area contributed by atoms with Crippen LogP contribution in [0.3, 0.4) is 0 Å². The fraction of sp³-hybridized carbons (Fsp3) is 0.118. The van der Waals surface area contributed by atoms with E-state index in [0.717, 1.165) is 38.1 Å². The van der Waals surface area contributed by atoms with Crippen LogP contribution < -0.4 is 10.5 Å². The molecule has 1 aromatic heterocycles. The number of nitrogens with zero attached hydrogens (tertiary/aromatic N) is 1. The van der Waals surface area contributed by atoms with Crippen molar-refractivity contribution < 1.29 is 4.74 Å². The molecule has 0 radical (unpaired) electrons. The van der Waals surface area contributed by atoms with Crippen molar-refractivity contribution in [1.29, 1.82) is 0 Å². The number of hydrogen-bond donors (Lipinski definition) is 1. The standard InChI is InChI=1S/C17H15BrN2O/c1-11-5-6-12-3-2-4-16(17(12)20-11)21-10-13-7-8-14(19)9-15(13)18/h2-9H,10,19H2,1H3. The maximum absolute atomic E-state index is 5.95. The first-order valence-corrected chi connectivity index (χ1v) is 7.46. The Morgan fingerprint density at radius 1 is 1.14 bits per heavy atom. The number of pyridine rings is 1. The molecule has 4 heteroatoms. The molecular formula is C17H15BrN2O. The van der Waals surface area contributed by atoms with Crippen molar-refractivity contribution in [3.05, 3.63) is 64.3 Å². The molecule has 3 aromatic rings. The van der Waals surface area contributed by atoms with E-state index in [1.54, 1.807) is 0 Å². The molecule has 21 heavy (non-hydrogen) atoms. The van der Waals surface area contributed by atoms with Crippen LogP contribution in [0.15, 0.2) is 53.0 Å². The van der Waals surface area contributed by atoms with Crippen molar-refractivity contribution in [3.8, 4) is 5.75 Å². The van der Waals surface area contributed by atoms with Crippen LogP contribution in [0.25, 0.3) is 10.9 Å². The van der Waals surface area contributed by atoms with Gasteiger partial charge in [-0.15, -0.1) is 0 Å².